The van der Waals surface area contributed by atoms with Gasteiger partial charge in [-0.25, -0.2) is 0 Å². The first kappa shape index (κ1) is 31.5. The third-order valence-electron chi connectivity index (χ3n) is 8.88. The second kappa shape index (κ2) is 13.7. The Balaban J connectivity index is 1.19. The Kier molecular flexibility index (Phi) is 10.6. The zero-order valence-corrected chi connectivity index (χ0v) is 24.9. The summed E-state index contributed by atoms with van der Waals surface area (Å²) in [4.78, 5) is 37.7. The number of hydrogen-bond acceptors (Lipinski definition) is 5. The summed E-state index contributed by atoms with van der Waals surface area (Å²) in [7, 11) is 0. The molecule has 224 valence electrons. The molecule has 1 aliphatic carbocycles. The fourth-order valence-corrected chi connectivity index (χ4v) is 7.32. The van der Waals surface area contributed by atoms with Gasteiger partial charge in [0.25, 0.3) is 0 Å². The van der Waals surface area contributed by atoms with Gasteiger partial charge in [0.1, 0.15) is 11.6 Å². The van der Waals surface area contributed by atoms with Crippen LogP contribution in [0.15, 0.2) is 22.9 Å². The maximum atomic E-state index is 13.3. The summed E-state index contributed by atoms with van der Waals surface area (Å²) in [6, 6.07) is 2.26. The van der Waals surface area contributed by atoms with Crippen LogP contribution in [0.3, 0.4) is 0 Å². The lowest BCUT2D eigenvalue weighted by atomic mass is 9.76. The first-order valence-electron chi connectivity index (χ1n) is 14.4. The van der Waals surface area contributed by atoms with Crippen LogP contribution in [0, 0.1) is 23.7 Å². The molecular formula is C31H38ClF3N2O3S. The Labute approximate surface area is 248 Å². The van der Waals surface area contributed by atoms with Crippen molar-refractivity contribution in [2.24, 2.45) is 23.7 Å². The third kappa shape index (κ3) is 8.57. The summed E-state index contributed by atoms with van der Waals surface area (Å²) in [5.41, 5.74) is 6.38. The van der Waals surface area contributed by atoms with Crippen molar-refractivity contribution in [3.05, 3.63) is 44.6 Å². The normalized spacial score (nSPS) is 22.0. The number of alkyl halides is 3. The van der Waals surface area contributed by atoms with E-state index in [1.807, 2.05) is 5.38 Å². The monoisotopic (exact) mass is 610 g/mol. The average Bonchev–Trinajstić information content (AvgIpc) is 3.29. The maximum absolute atomic E-state index is 13.3. The van der Waals surface area contributed by atoms with Crippen molar-refractivity contribution in [3.63, 3.8) is 0 Å². The summed E-state index contributed by atoms with van der Waals surface area (Å²) in [6.07, 6.45) is 4.53. The van der Waals surface area contributed by atoms with Crippen molar-refractivity contribution < 1.29 is 27.6 Å². The van der Waals surface area contributed by atoms with Crippen LogP contribution < -0.4 is 11.1 Å². The van der Waals surface area contributed by atoms with Crippen LogP contribution in [-0.4, -0.2) is 17.5 Å². The number of nitrogen functional groups attached to an aromatic ring is 1. The van der Waals surface area contributed by atoms with E-state index in [4.69, 9.17) is 17.3 Å². The number of hydrogen-bond donors (Lipinski definition) is 2. The maximum Gasteiger partial charge on any atom is 0.418 e. The second-order valence-electron chi connectivity index (χ2n) is 11.8. The minimum atomic E-state index is -4.66. The molecule has 10 heteroatoms. The molecule has 3 N–H and O–H groups in total. The molecule has 0 spiro atoms. The summed E-state index contributed by atoms with van der Waals surface area (Å²) in [6.45, 7) is 1.36. The second-order valence-corrected chi connectivity index (χ2v) is 13.0. The van der Waals surface area contributed by atoms with Crippen LogP contribution in [0.5, 0.6) is 0 Å². The van der Waals surface area contributed by atoms with Gasteiger partial charge in [-0.3, -0.25) is 14.4 Å². The van der Waals surface area contributed by atoms with Gasteiger partial charge in [-0.1, -0.05) is 37.3 Å². The highest BCUT2D eigenvalue weighted by molar-refractivity contribution is 7.08. The van der Waals surface area contributed by atoms with E-state index in [-0.39, 0.29) is 46.8 Å². The molecule has 2 aromatic rings. The highest BCUT2D eigenvalue weighted by Gasteiger charge is 2.35. The summed E-state index contributed by atoms with van der Waals surface area (Å²) in [5, 5.41) is 6.99. The van der Waals surface area contributed by atoms with E-state index in [0.717, 1.165) is 69.5 Å². The number of nitrogens with one attached hydrogen (secondary N) is 1. The van der Waals surface area contributed by atoms with Crippen molar-refractivity contribution in [3.8, 4) is 0 Å². The van der Waals surface area contributed by atoms with Crippen LogP contribution >= 0.6 is 22.9 Å². The topological polar surface area (TPSA) is 89.3 Å². The SMILES string of the molecule is CC(=O)[C@H](CC(=O)CCC1CCC(CCC2CCc3cscc3NC2=O)CC1)Cc1cc(Cl)c(N)c(C(F)(F)F)c1. The number of fused-ring (bicyclic) bond motifs is 1. The Morgan fingerprint density at radius 1 is 1.07 bits per heavy atom. The van der Waals surface area contributed by atoms with Crippen LogP contribution in [-0.2, 0) is 33.4 Å². The Morgan fingerprint density at radius 2 is 1.76 bits per heavy atom. The molecule has 2 heterocycles. The number of amides is 1. The number of nitrogens with two attached hydrogens (primary N) is 1. The van der Waals surface area contributed by atoms with Gasteiger partial charge in [0, 0.05) is 30.1 Å². The molecule has 1 amide bonds. The number of benzene rings is 1. The molecule has 0 radical (unpaired) electrons. The molecule has 2 atom stereocenters. The van der Waals surface area contributed by atoms with Crippen LogP contribution in [0.2, 0.25) is 5.02 Å². The van der Waals surface area contributed by atoms with E-state index in [0.29, 0.717) is 18.3 Å². The molecule has 5 nitrogen and oxygen atoms in total. The van der Waals surface area contributed by atoms with E-state index in [9.17, 15) is 27.6 Å². The molecule has 41 heavy (non-hydrogen) atoms. The fourth-order valence-electron chi connectivity index (χ4n) is 6.26. The average molecular weight is 611 g/mol. The molecule has 0 bridgehead atoms. The number of anilines is 2. The highest BCUT2D eigenvalue weighted by Crippen LogP contribution is 2.39. The van der Waals surface area contributed by atoms with Gasteiger partial charge in [-0.05, 0) is 85.9 Å². The lowest BCUT2D eigenvalue weighted by molar-refractivity contribution is -0.137. The lowest BCUT2D eigenvalue weighted by Crippen LogP contribution is -2.23. The van der Waals surface area contributed by atoms with Gasteiger partial charge in [0.05, 0.1) is 22.0 Å². The predicted octanol–water partition coefficient (Wildman–Crippen LogP) is 8.28. The van der Waals surface area contributed by atoms with E-state index >= 15 is 0 Å². The Morgan fingerprint density at radius 3 is 2.41 bits per heavy atom. The molecular weight excluding hydrogens is 573 g/mol. The van der Waals surface area contributed by atoms with Crippen LogP contribution in [0.4, 0.5) is 24.5 Å². The molecule has 1 saturated carbocycles. The smallest absolute Gasteiger partial charge is 0.397 e. The number of carbonyl (C=O) groups is 3. The van der Waals surface area contributed by atoms with Crippen LogP contribution in [0.1, 0.15) is 87.8 Å². The first-order valence-corrected chi connectivity index (χ1v) is 15.8. The van der Waals surface area contributed by atoms with Gasteiger partial charge in [0.2, 0.25) is 5.91 Å². The predicted molar refractivity (Wildman–Crippen MR) is 157 cm³/mol. The van der Waals surface area contributed by atoms with E-state index < -0.39 is 23.3 Å². The lowest BCUT2D eigenvalue weighted by Gasteiger charge is -2.29. The molecule has 2 aliphatic rings. The highest BCUT2D eigenvalue weighted by atomic mass is 35.5. The zero-order valence-electron chi connectivity index (χ0n) is 23.3. The van der Waals surface area contributed by atoms with E-state index in [1.54, 1.807) is 11.3 Å². The standard InChI is InChI=1S/C31H38ClF3N2O3S/c1-18(38)24(12-21-13-26(31(33,34)35)29(36)27(32)14-21)15-25(39)11-7-20-4-2-19(3-5-20)6-8-22-9-10-23-16-41-17-28(23)37-30(22)40/h13-14,16-17,19-20,22,24H,2-12,15,36H2,1H3,(H,37,40)/t19?,20?,22?,24-/m0/s1. The van der Waals surface area contributed by atoms with Gasteiger partial charge >= 0.3 is 6.18 Å². The van der Waals surface area contributed by atoms with Gasteiger partial charge < -0.3 is 11.1 Å². The molecule has 1 aromatic carbocycles. The number of halogens is 4. The number of thiophene rings is 1. The van der Waals surface area contributed by atoms with Crippen molar-refractivity contribution in [2.75, 3.05) is 11.1 Å². The summed E-state index contributed by atoms with van der Waals surface area (Å²) < 4.78 is 40.0. The number of Topliss-reactive ketones (excluding diaryl/α,β-unsaturated/α-hetero) is 2. The van der Waals surface area contributed by atoms with Crippen molar-refractivity contribution in [1.82, 2.24) is 0 Å². The number of carbonyl (C=O) groups excluding carboxylic acids is 3. The fraction of sp³-hybridized carbons (Fsp3) is 0.581. The minimum Gasteiger partial charge on any atom is -0.397 e. The minimum absolute atomic E-state index is 0.00242. The molecule has 1 fully saturated rings. The van der Waals surface area contributed by atoms with E-state index in [2.05, 4.69) is 10.7 Å². The summed E-state index contributed by atoms with van der Waals surface area (Å²) >= 11 is 7.55. The molecule has 1 aliphatic heterocycles. The van der Waals surface area contributed by atoms with Crippen molar-refractivity contribution in [2.45, 2.75) is 90.1 Å². The van der Waals surface area contributed by atoms with Crippen LogP contribution in [0.25, 0.3) is 0 Å². The van der Waals surface area contributed by atoms with Crippen molar-refractivity contribution in [1.29, 1.82) is 0 Å². The molecule has 4 rings (SSSR count). The van der Waals surface area contributed by atoms with Gasteiger partial charge in [0.15, 0.2) is 0 Å². The molecule has 1 unspecified atom stereocenters. The summed E-state index contributed by atoms with van der Waals surface area (Å²) in [5.74, 6) is 0.261. The number of rotatable bonds is 11. The van der Waals surface area contributed by atoms with Gasteiger partial charge in [-0.2, -0.15) is 13.2 Å². The first-order chi connectivity index (χ1) is 19.4. The van der Waals surface area contributed by atoms with Crippen molar-refractivity contribution >= 4 is 51.8 Å². The number of ketones is 2. The Hall–Kier alpha value is -2.39. The van der Waals surface area contributed by atoms with Gasteiger partial charge in [-0.15, -0.1) is 11.3 Å². The zero-order chi connectivity index (χ0) is 29.7. The Bertz CT molecular complexity index is 1250. The van der Waals surface area contributed by atoms with E-state index in [1.165, 1.54) is 18.6 Å². The number of aryl methyl sites for hydroxylation is 1. The quantitative estimate of drug-likeness (QED) is 0.251. The third-order valence-corrected chi connectivity index (χ3v) is 9.98. The largest absolute Gasteiger partial charge is 0.418 e. The molecule has 1 aromatic heterocycles. The molecule has 0 saturated heterocycles.